The molecular formula is C16H18F3N7O3. The largest absolute Gasteiger partial charge is 0.468 e. The smallest absolute Gasteiger partial charge is 0.422 e. The number of rotatable bonds is 9. The molecule has 29 heavy (non-hydrogen) atoms. The first kappa shape index (κ1) is 21.7. The predicted octanol–water partition coefficient (Wildman–Crippen LogP) is 1.33. The first-order chi connectivity index (χ1) is 13.6. The Morgan fingerprint density at radius 2 is 1.93 bits per heavy atom. The van der Waals surface area contributed by atoms with Gasteiger partial charge >= 0.3 is 6.18 Å². The Hall–Kier alpha value is -3.64. The van der Waals surface area contributed by atoms with Crippen molar-refractivity contribution in [3.8, 4) is 5.88 Å². The van der Waals surface area contributed by atoms with E-state index in [0.29, 0.717) is 6.42 Å². The van der Waals surface area contributed by atoms with E-state index in [4.69, 9.17) is 11.5 Å². The molecule has 13 heteroatoms. The number of ether oxygens (including phenoxy) is 1. The topological polar surface area (TPSA) is 158 Å². The summed E-state index contributed by atoms with van der Waals surface area (Å²) < 4.78 is 41.0. The molecular weight excluding hydrogens is 395 g/mol. The van der Waals surface area contributed by atoms with Gasteiger partial charge in [-0.2, -0.15) is 13.2 Å². The third-order valence-corrected chi connectivity index (χ3v) is 3.46. The fourth-order valence-corrected chi connectivity index (χ4v) is 2.11. The number of nitrogens with zero attached hydrogens (tertiary/aromatic N) is 3. The molecule has 0 aromatic carbocycles. The maximum Gasteiger partial charge on any atom is 0.422 e. The number of nitrogens with two attached hydrogens (primary N) is 2. The van der Waals surface area contributed by atoms with Gasteiger partial charge in [0.15, 0.2) is 18.1 Å². The van der Waals surface area contributed by atoms with Crippen molar-refractivity contribution in [3.05, 3.63) is 30.2 Å². The summed E-state index contributed by atoms with van der Waals surface area (Å²) in [7, 11) is 0. The monoisotopic (exact) mass is 413 g/mol. The highest BCUT2D eigenvalue weighted by Gasteiger charge is 2.28. The van der Waals surface area contributed by atoms with Crippen molar-refractivity contribution < 1.29 is 27.5 Å². The molecule has 2 heterocycles. The molecule has 1 atom stereocenters. The van der Waals surface area contributed by atoms with Crippen molar-refractivity contribution in [2.45, 2.75) is 25.6 Å². The number of anilines is 3. The highest BCUT2D eigenvalue weighted by Crippen LogP contribution is 2.22. The van der Waals surface area contributed by atoms with E-state index in [0.717, 1.165) is 0 Å². The predicted molar refractivity (Wildman–Crippen MR) is 96.5 cm³/mol. The van der Waals surface area contributed by atoms with Crippen molar-refractivity contribution in [1.29, 1.82) is 0 Å². The summed E-state index contributed by atoms with van der Waals surface area (Å²) in [5.41, 5.74) is 10.6. The van der Waals surface area contributed by atoms with Crippen molar-refractivity contribution in [2.24, 2.45) is 11.5 Å². The molecule has 0 aliphatic rings. The van der Waals surface area contributed by atoms with Crippen LogP contribution in [0, 0.1) is 0 Å². The number of aromatic nitrogens is 3. The van der Waals surface area contributed by atoms with Crippen LogP contribution < -0.4 is 26.8 Å². The lowest BCUT2D eigenvalue weighted by atomic mass is 10.2. The van der Waals surface area contributed by atoms with Gasteiger partial charge in [0.25, 0.3) is 5.91 Å². The summed E-state index contributed by atoms with van der Waals surface area (Å²) in [6, 6.07) is 1.86. The summed E-state index contributed by atoms with van der Waals surface area (Å²) >= 11 is 0. The molecule has 0 spiro atoms. The average Bonchev–Trinajstić information content (AvgIpc) is 2.64. The molecule has 10 nitrogen and oxygen atoms in total. The normalized spacial score (nSPS) is 12.1. The number of primary amides is 2. The van der Waals surface area contributed by atoms with Gasteiger partial charge in [0.1, 0.15) is 11.9 Å². The number of amides is 2. The fraction of sp³-hybridized carbons (Fsp3) is 0.312. The Kier molecular flexibility index (Phi) is 6.75. The minimum atomic E-state index is -4.49. The molecule has 0 saturated carbocycles. The molecule has 0 aliphatic carbocycles. The summed E-state index contributed by atoms with van der Waals surface area (Å²) in [4.78, 5) is 34.7. The molecule has 2 aromatic heterocycles. The van der Waals surface area contributed by atoms with E-state index in [2.05, 4.69) is 30.3 Å². The van der Waals surface area contributed by atoms with Crippen LogP contribution in [0.4, 0.5) is 30.5 Å². The first-order valence-corrected chi connectivity index (χ1v) is 8.24. The molecule has 6 N–H and O–H groups in total. The number of carbonyl (C=O) groups is 2. The summed E-state index contributed by atoms with van der Waals surface area (Å²) in [5, 5.41) is 5.52. The highest BCUT2D eigenvalue weighted by atomic mass is 19.4. The third kappa shape index (κ3) is 6.48. The summed E-state index contributed by atoms with van der Waals surface area (Å²) in [5.74, 6) is -1.60. The number of hydrogen-bond donors (Lipinski definition) is 4. The van der Waals surface area contributed by atoms with Crippen LogP contribution in [0.3, 0.4) is 0 Å². The highest BCUT2D eigenvalue weighted by molar-refractivity contribution is 5.96. The number of carbonyl (C=O) groups excluding carboxylic acids is 2. The van der Waals surface area contributed by atoms with Gasteiger partial charge in [0, 0.05) is 6.07 Å². The maximum atomic E-state index is 12.2. The molecule has 1 unspecified atom stereocenters. The standard InChI is InChI=1S/C16H18F3N7O3/c1-2-9(13(20)27)25-10-6-23-12(14(21)28)15(26-10)24-8-3-4-11(22-5-8)29-7-16(17,18)19/h3-6,9H,2,7H2,1H3,(H2,20,27)(H2,21,28)(H2,24,25,26). The molecule has 0 saturated heterocycles. The average molecular weight is 413 g/mol. The Morgan fingerprint density at radius 1 is 1.21 bits per heavy atom. The Bertz CT molecular complexity index is 875. The molecule has 0 bridgehead atoms. The molecule has 0 radical (unpaired) electrons. The van der Waals surface area contributed by atoms with Crippen LogP contribution in [0.2, 0.25) is 0 Å². The van der Waals surface area contributed by atoms with Crippen LogP contribution in [0.5, 0.6) is 5.88 Å². The summed E-state index contributed by atoms with van der Waals surface area (Å²) in [6.45, 7) is 0.261. The fourth-order valence-electron chi connectivity index (χ4n) is 2.11. The van der Waals surface area contributed by atoms with E-state index < -0.39 is 30.6 Å². The first-order valence-electron chi connectivity index (χ1n) is 8.24. The van der Waals surface area contributed by atoms with Crippen molar-refractivity contribution in [2.75, 3.05) is 17.2 Å². The molecule has 0 aliphatic heterocycles. The zero-order valence-corrected chi connectivity index (χ0v) is 15.2. The van der Waals surface area contributed by atoms with Gasteiger partial charge < -0.3 is 26.8 Å². The van der Waals surface area contributed by atoms with E-state index in [1.807, 2.05) is 0 Å². The van der Waals surface area contributed by atoms with Crippen molar-refractivity contribution in [3.63, 3.8) is 0 Å². The van der Waals surface area contributed by atoms with Crippen LogP contribution in [-0.4, -0.2) is 45.6 Å². The molecule has 2 amide bonds. The van der Waals surface area contributed by atoms with Gasteiger partial charge in [-0.1, -0.05) is 6.92 Å². The van der Waals surface area contributed by atoms with Crippen LogP contribution >= 0.6 is 0 Å². The van der Waals surface area contributed by atoms with E-state index in [1.54, 1.807) is 6.92 Å². The van der Waals surface area contributed by atoms with Gasteiger partial charge in [-0.3, -0.25) is 9.59 Å². The van der Waals surface area contributed by atoms with E-state index in [1.165, 1.54) is 24.5 Å². The van der Waals surface area contributed by atoms with Crippen LogP contribution in [0.25, 0.3) is 0 Å². The number of hydrogen-bond acceptors (Lipinski definition) is 8. The molecule has 2 rings (SSSR count). The van der Waals surface area contributed by atoms with Crippen LogP contribution in [-0.2, 0) is 4.79 Å². The Balaban J connectivity index is 2.20. The van der Waals surface area contributed by atoms with E-state index >= 15 is 0 Å². The van der Waals surface area contributed by atoms with Crippen molar-refractivity contribution >= 4 is 29.1 Å². The quantitative estimate of drug-likeness (QED) is 0.479. The van der Waals surface area contributed by atoms with E-state index in [9.17, 15) is 22.8 Å². The minimum absolute atomic E-state index is 0.0485. The lowest BCUT2D eigenvalue weighted by molar-refractivity contribution is -0.154. The second-order valence-corrected chi connectivity index (χ2v) is 5.74. The van der Waals surface area contributed by atoms with Gasteiger partial charge in [0.2, 0.25) is 11.8 Å². The minimum Gasteiger partial charge on any atom is -0.468 e. The van der Waals surface area contributed by atoms with Gasteiger partial charge in [-0.25, -0.2) is 15.0 Å². The third-order valence-electron chi connectivity index (χ3n) is 3.46. The zero-order valence-electron chi connectivity index (χ0n) is 15.2. The van der Waals surface area contributed by atoms with Gasteiger partial charge in [-0.05, 0) is 12.5 Å². The lowest BCUT2D eigenvalue weighted by Crippen LogP contribution is -2.35. The zero-order chi connectivity index (χ0) is 21.6. The SMILES string of the molecule is CCC(Nc1cnc(C(N)=O)c(Nc2ccc(OCC(F)(F)F)nc2)n1)C(N)=O. The number of alkyl halides is 3. The molecule has 0 fully saturated rings. The van der Waals surface area contributed by atoms with Gasteiger partial charge in [-0.15, -0.1) is 0 Å². The van der Waals surface area contributed by atoms with Gasteiger partial charge in [0.05, 0.1) is 18.1 Å². The maximum absolute atomic E-state index is 12.2. The molecule has 2 aromatic rings. The molecule has 156 valence electrons. The second kappa shape index (κ2) is 9.03. The van der Waals surface area contributed by atoms with Crippen LogP contribution in [0.1, 0.15) is 23.8 Å². The number of halogens is 3. The van der Waals surface area contributed by atoms with E-state index in [-0.39, 0.29) is 28.9 Å². The Labute approximate surface area is 162 Å². The lowest BCUT2D eigenvalue weighted by Gasteiger charge is -2.15. The number of nitrogens with one attached hydrogen (secondary N) is 2. The van der Waals surface area contributed by atoms with Crippen LogP contribution in [0.15, 0.2) is 24.5 Å². The second-order valence-electron chi connectivity index (χ2n) is 5.74. The number of pyridine rings is 1. The Morgan fingerprint density at radius 3 is 2.45 bits per heavy atom. The van der Waals surface area contributed by atoms with Crippen molar-refractivity contribution in [1.82, 2.24) is 15.0 Å². The summed E-state index contributed by atoms with van der Waals surface area (Å²) in [6.07, 6.45) is -1.71.